The first kappa shape index (κ1) is 14.2. The van der Waals surface area contributed by atoms with Gasteiger partial charge in [0, 0.05) is 31.2 Å². The molecule has 0 atom stereocenters. The fraction of sp³-hybridized carbons (Fsp3) is 0.357. The Morgan fingerprint density at radius 1 is 1.35 bits per heavy atom. The Morgan fingerprint density at radius 3 is 2.85 bits per heavy atom. The first-order valence-electron chi connectivity index (χ1n) is 6.36. The number of hydrogen-bond acceptors (Lipinski definition) is 5. The largest absolute Gasteiger partial charge is 0.493 e. The molecule has 0 spiro atoms. The molecule has 0 radical (unpaired) electrons. The zero-order valence-corrected chi connectivity index (χ0v) is 11.7. The van der Waals surface area contributed by atoms with E-state index in [0.29, 0.717) is 18.0 Å². The number of nitrogens with one attached hydrogen (secondary N) is 1. The average molecular weight is 277 g/mol. The number of aromatic nitrogens is 2. The highest BCUT2D eigenvalue weighted by atomic mass is 16.5. The van der Waals surface area contributed by atoms with Crippen LogP contribution in [0.2, 0.25) is 0 Å². The number of ether oxygens (including phenoxy) is 2. The maximum absolute atomic E-state index is 8.83. The lowest BCUT2D eigenvalue weighted by Crippen LogP contribution is -2.07. The number of aryl methyl sites for hydroxylation is 1. The Hall–Kier alpha value is -2.21. The van der Waals surface area contributed by atoms with E-state index in [-0.39, 0.29) is 13.2 Å². The van der Waals surface area contributed by atoms with Crippen LogP contribution in [0.15, 0.2) is 30.6 Å². The van der Waals surface area contributed by atoms with Crippen LogP contribution in [0.5, 0.6) is 11.5 Å². The van der Waals surface area contributed by atoms with Crippen LogP contribution in [-0.4, -0.2) is 35.0 Å². The van der Waals surface area contributed by atoms with Crippen molar-refractivity contribution < 1.29 is 14.6 Å². The molecule has 0 unspecified atom stereocenters. The van der Waals surface area contributed by atoms with Crippen LogP contribution in [0.1, 0.15) is 5.82 Å². The van der Waals surface area contributed by atoms with Crippen LogP contribution in [0, 0.1) is 0 Å². The van der Waals surface area contributed by atoms with Gasteiger partial charge in [0.25, 0.3) is 0 Å². The molecule has 0 amide bonds. The summed E-state index contributed by atoms with van der Waals surface area (Å²) in [6.07, 6.45) is 3.67. The smallest absolute Gasteiger partial charge is 0.163 e. The summed E-state index contributed by atoms with van der Waals surface area (Å²) < 4.78 is 12.6. The van der Waals surface area contributed by atoms with Crippen molar-refractivity contribution in [1.82, 2.24) is 9.55 Å². The van der Waals surface area contributed by atoms with E-state index in [0.717, 1.165) is 11.5 Å². The van der Waals surface area contributed by atoms with Crippen LogP contribution in [0.3, 0.4) is 0 Å². The third kappa shape index (κ3) is 3.42. The fourth-order valence-corrected chi connectivity index (χ4v) is 1.80. The molecule has 0 aliphatic carbocycles. The summed E-state index contributed by atoms with van der Waals surface area (Å²) >= 11 is 0. The Balaban J connectivity index is 2.06. The van der Waals surface area contributed by atoms with E-state index >= 15 is 0 Å². The minimum Gasteiger partial charge on any atom is -0.493 e. The number of imidazole rings is 1. The van der Waals surface area contributed by atoms with Gasteiger partial charge < -0.3 is 24.5 Å². The maximum Gasteiger partial charge on any atom is 0.163 e. The number of benzene rings is 1. The highest BCUT2D eigenvalue weighted by Gasteiger charge is 2.06. The van der Waals surface area contributed by atoms with E-state index < -0.39 is 0 Å². The van der Waals surface area contributed by atoms with Crippen molar-refractivity contribution in [3.63, 3.8) is 0 Å². The molecule has 1 heterocycles. The third-order valence-corrected chi connectivity index (χ3v) is 2.88. The molecule has 108 valence electrons. The molecule has 2 aromatic rings. The Labute approximate surface area is 118 Å². The molecule has 0 fully saturated rings. The zero-order chi connectivity index (χ0) is 14.4. The Morgan fingerprint density at radius 2 is 2.20 bits per heavy atom. The zero-order valence-electron chi connectivity index (χ0n) is 11.7. The topological polar surface area (TPSA) is 68.5 Å². The number of hydrogen-bond donors (Lipinski definition) is 2. The number of aliphatic hydroxyl groups is 1. The highest BCUT2D eigenvalue weighted by molar-refractivity contribution is 5.54. The summed E-state index contributed by atoms with van der Waals surface area (Å²) in [5.74, 6) is 2.19. The van der Waals surface area contributed by atoms with Crippen molar-refractivity contribution in [2.75, 3.05) is 25.6 Å². The summed E-state index contributed by atoms with van der Waals surface area (Å²) in [5.41, 5.74) is 0.904. The van der Waals surface area contributed by atoms with Gasteiger partial charge in [-0.2, -0.15) is 0 Å². The molecular weight excluding hydrogens is 258 g/mol. The van der Waals surface area contributed by atoms with Gasteiger partial charge in [-0.05, 0) is 12.1 Å². The van der Waals surface area contributed by atoms with Crippen molar-refractivity contribution in [1.29, 1.82) is 0 Å². The number of methoxy groups -OCH3 is 1. The minimum absolute atomic E-state index is 0.0337. The van der Waals surface area contributed by atoms with Crippen molar-refractivity contribution in [2.24, 2.45) is 7.05 Å². The quantitative estimate of drug-likeness (QED) is 0.801. The van der Waals surface area contributed by atoms with Crippen LogP contribution < -0.4 is 14.8 Å². The lowest BCUT2D eigenvalue weighted by Gasteiger charge is -2.12. The number of rotatable bonds is 7. The molecule has 2 rings (SSSR count). The highest BCUT2D eigenvalue weighted by Crippen LogP contribution is 2.30. The van der Waals surface area contributed by atoms with E-state index in [1.54, 1.807) is 13.3 Å². The monoisotopic (exact) mass is 277 g/mol. The van der Waals surface area contributed by atoms with Gasteiger partial charge in [0.1, 0.15) is 12.4 Å². The van der Waals surface area contributed by atoms with E-state index in [1.165, 1.54) is 0 Å². The predicted octanol–water partition coefficient (Wildman–Crippen LogP) is 1.41. The lowest BCUT2D eigenvalue weighted by atomic mass is 10.2. The van der Waals surface area contributed by atoms with Crippen LogP contribution >= 0.6 is 0 Å². The van der Waals surface area contributed by atoms with Gasteiger partial charge in [-0.15, -0.1) is 0 Å². The molecule has 1 aromatic carbocycles. The van der Waals surface area contributed by atoms with Gasteiger partial charge in [0.2, 0.25) is 0 Å². The van der Waals surface area contributed by atoms with Gasteiger partial charge in [0.05, 0.1) is 20.3 Å². The van der Waals surface area contributed by atoms with Crippen molar-refractivity contribution in [3.05, 3.63) is 36.4 Å². The molecule has 0 saturated carbocycles. The second kappa shape index (κ2) is 6.81. The molecule has 0 saturated heterocycles. The van der Waals surface area contributed by atoms with E-state index in [4.69, 9.17) is 14.6 Å². The van der Waals surface area contributed by atoms with Crippen molar-refractivity contribution in [3.8, 4) is 11.5 Å². The second-order valence-corrected chi connectivity index (χ2v) is 4.25. The van der Waals surface area contributed by atoms with Gasteiger partial charge in [-0.25, -0.2) is 4.98 Å². The van der Waals surface area contributed by atoms with E-state index in [1.807, 2.05) is 36.0 Å². The number of aliphatic hydroxyl groups excluding tert-OH is 1. The Bertz CT molecular complexity index is 554. The van der Waals surface area contributed by atoms with Crippen LogP contribution in [-0.2, 0) is 13.6 Å². The van der Waals surface area contributed by atoms with Gasteiger partial charge >= 0.3 is 0 Å². The molecular formula is C14H19N3O3. The van der Waals surface area contributed by atoms with Gasteiger partial charge in [-0.3, -0.25) is 0 Å². The summed E-state index contributed by atoms with van der Waals surface area (Å²) in [7, 11) is 3.54. The maximum atomic E-state index is 8.83. The normalized spacial score (nSPS) is 10.3. The molecule has 0 bridgehead atoms. The third-order valence-electron chi connectivity index (χ3n) is 2.88. The van der Waals surface area contributed by atoms with Crippen LogP contribution in [0.25, 0.3) is 0 Å². The predicted molar refractivity (Wildman–Crippen MR) is 76.1 cm³/mol. The second-order valence-electron chi connectivity index (χ2n) is 4.25. The molecule has 6 heteroatoms. The van der Waals surface area contributed by atoms with Gasteiger partial charge in [0.15, 0.2) is 11.5 Å². The van der Waals surface area contributed by atoms with E-state index in [9.17, 15) is 0 Å². The molecule has 20 heavy (non-hydrogen) atoms. The van der Waals surface area contributed by atoms with E-state index in [2.05, 4.69) is 10.3 Å². The summed E-state index contributed by atoms with van der Waals surface area (Å²) in [4.78, 5) is 4.25. The molecule has 2 N–H and O–H groups in total. The number of nitrogens with zero attached hydrogens (tertiary/aromatic N) is 2. The number of anilines is 1. The van der Waals surface area contributed by atoms with Gasteiger partial charge in [-0.1, -0.05) is 0 Å². The van der Waals surface area contributed by atoms with Crippen molar-refractivity contribution >= 4 is 5.69 Å². The summed E-state index contributed by atoms with van der Waals surface area (Å²) in [6.45, 7) is 0.822. The molecule has 0 aliphatic heterocycles. The molecule has 0 aliphatic rings. The molecule has 6 nitrogen and oxygen atoms in total. The summed E-state index contributed by atoms with van der Waals surface area (Å²) in [5, 5.41) is 12.1. The van der Waals surface area contributed by atoms with Crippen molar-refractivity contribution in [2.45, 2.75) is 6.54 Å². The fourth-order valence-electron chi connectivity index (χ4n) is 1.80. The first-order chi connectivity index (χ1) is 9.74. The standard InChI is InChI=1S/C14H19N3O3/c1-17-6-5-15-14(17)10-16-11-3-4-12(19-2)13(9-11)20-8-7-18/h3-6,9,16,18H,7-8,10H2,1-2H3. The first-order valence-corrected chi connectivity index (χ1v) is 6.36. The molecule has 1 aromatic heterocycles. The summed E-state index contributed by atoms with van der Waals surface area (Å²) in [6, 6.07) is 5.58. The SMILES string of the molecule is COc1ccc(NCc2nccn2C)cc1OCCO. The van der Waals surface area contributed by atoms with Crippen LogP contribution in [0.4, 0.5) is 5.69 Å². The minimum atomic E-state index is -0.0337. The lowest BCUT2D eigenvalue weighted by molar-refractivity contribution is 0.196. The average Bonchev–Trinajstić information content (AvgIpc) is 2.88. The Kier molecular flexibility index (Phi) is 4.84.